The van der Waals surface area contributed by atoms with Gasteiger partial charge in [0.25, 0.3) is 5.56 Å². The summed E-state index contributed by atoms with van der Waals surface area (Å²) in [6.45, 7) is 10.3. The zero-order chi connectivity index (χ0) is 25.5. The first-order valence-electron chi connectivity index (χ1n) is 10.3. The Balaban J connectivity index is 2.05. The lowest BCUT2D eigenvalue weighted by Gasteiger charge is -2.19. The van der Waals surface area contributed by atoms with Gasteiger partial charge in [-0.3, -0.25) is 13.9 Å². The molecule has 2 heterocycles. The number of rotatable bonds is 4. The summed E-state index contributed by atoms with van der Waals surface area (Å²) >= 11 is 2.02. The molecule has 7 nitrogen and oxygen atoms in total. The van der Waals surface area contributed by atoms with Gasteiger partial charge in [0.1, 0.15) is 0 Å². The number of hydrogen-bond acceptors (Lipinski definition) is 3. The van der Waals surface area contributed by atoms with E-state index in [1.807, 2.05) is 22.6 Å². The van der Waals surface area contributed by atoms with Crippen molar-refractivity contribution in [1.29, 1.82) is 0 Å². The summed E-state index contributed by atoms with van der Waals surface area (Å²) in [4.78, 5) is 30.1. The van der Waals surface area contributed by atoms with Crippen LogP contribution in [-0.4, -0.2) is 18.9 Å². The van der Waals surface area contributed by atoms with Crippen molar-refractivity contribution in [2.75, 3.05) is 0 Å². The van der Waals surface area contributed by atoms with E-state index in [2.05, 4.69) is 9.94 Å². The van der Waals surface area contributed by atoms with Crippen molar-refractivity contribution in [1.82, 2.24) is 18.9 Å². The predicted octanol–water partition coefficient (Wildman–Crippen LogP) is 5.35. The molecule has 0 amide bonds. The van der Waals surface area contributed by atoms with Gasteiger partial charge in [-0.2, -0.15) is 18.3 Å². The molecule has 0 aliphatic rings. The Kier molecular flexibility index (Phi) is 6.42. The summed E-state index contributed by atoms with van der Waals surface area (Å²) in [5.41, 5.74) is -0.497. The van der Waals surface area contributed by atoms with Crippen LogP contribution in [0.15, 0.2) is 64.3 Å². The number of halogens is 4. The van der Waals surface area contributed by atoms with Gasteiger partial charge in [-0.25, -0.2) is 14.3 Å². The van der Waals surface area contributed by atoms with Crippen LogP contribution >= 0.6 is 22.6 Å². The summed E-state index contributed by atoms with van der Waals surface area (Å²) in [6, 6.07) is 11.0. The molecular formula is C24H17F3IN5O2. The largest absolute Gasteiger partial charge is 0.416 e. The zero-order valence-corrected chi connectivity index (χ0v) is 20.6. The summed E-state index contributed by atoms with van der Waals surface area (Å²) in [5, 5.41) is 4.37. The average Bonchev–Trinajstić information content (AvgIpc) is 3.20. The molecule has 35 heavy (non-hydrogen) atoms. The minimum absolute atomic E-state index is 0.00624. The molecule has 0 unspecified atom stereocenters. The molecule has 0 saturated heterocycles. The van der Waals surface area contributed by atoms with E-state index < -0.39 is 23.0 Å². The summed E-state index contributed by atoms with van der Waals surface area (Å²) in [6.07, 6.45) is -3.05. The van der Waals surface area contributed by atoms with Crippen LogP contribution in [0, 0.1) is 17.1 Å². The van der Waals surface area contributed by atoms with E-state index in [1.54, 1.807) is 37.4 Å². The van der Waals surface area contributed by atoms with Gasteiger partial charge in [0.15, 0.2) is 5.69 Å². The van der Waals surface area contributed by atoms with Crippen LogP contribution in [0.3, 0.4) is 0 Å². The first kappa shape index (κ1) is 24.5. The number of hydrogen-bond donors (Lipinski definition) is 0. The van der Waals surface area contributed by atoms with E-state index in [9.17, 15) is 22.8 Å². The smallest absolute Gasteiger partial charge is 0.268 e. The van der Waals surface area contributed by atoms with E-state index in [0.717, 1.165) is 21.3 Å². The molecule has 4 rings (SSSR count). The number of benzene rings is 2. The maximum Gasteiger partial charge on any atom is 0.416 e. The topological polar surface area (TPSA) is 66.2 Å². The highest BCUT2D eigenvalue weighted by Gasteiger charge is 2.31. The lowest BCUT2D eigenvalue weighted by molar-refractivity contribution is -0.137. The van der Waals surface area contributed by atoms with Crippen LogP contribution in [0.2, 0.25) is 0 Å². The number of nitrogens with zero attached hydrogens (tertiary/aromatic N) is 5. The zero-order valence-electron chi connectivity index (χ0n) is 18.5. The molecule has 0 aliphatic heterocycles. The van der Waals surface area contributed by atoms with Gasteiger partial charge in [0.2, 0.25) is 0 Å². The Hall–Kier alpha value is -3.66. The van der Waals surface area contributed by atoms with Gasteiger partial charge < -0.3 is 0 Å². The van der Waals surface area contributed by atoms with Crippen molar-refractivity contribution in [2.24, 2.45) is 0 Å². The fourth-order valence-electron chi connectivity index (χ4n) is 3.85. The molecular weight excluding hydrogens is 574 g/mol. The molecule has 4 aromatic rings. The van der Waals surface area contributed by atoms with E-state index in [4.69, 9.17) is 6.57 Å². The third-order valence-electron chi connectivity index (χ3n) is 5.51. The Morgan fingerprint density at radius 1 is 1.09 bits per heavy atom. The minimum atomic E-state index is -4.60. The highest BCUT2D eigenvalue weighted by molar-refractivity contribution is 14.1. The third kappa shape index (κ3) is 4.29. The van der Waals surface area contributed by atoms with Gasteiger partial charge in [0.05, 0.1) is 44.5 Å². The van der Waals surface area contributed by atoms with Crippen molar-refractivity contribution < 1.29 is 13.2 Å². The Bertz CT molecular complexity index is 1590. The molecule has 0 bridgehead atoms. The van der Waals surface area contributed by atoms with E-state index in [0.29, 0.717) is 20.6 Å². The number of alkyl halides is 3. The summed E-state index contributed by atoms with van der Waals surface area (Å²) in [7, 11) is 0. The fourth-order valence-corrected chi connectivity index (χ4v) is 4.47. The van der Waals surface area contributed by atoms with Crippen molar-refractivity contribution in [3.8, 4) is 22.6 Å². The average molecular weight is 591 g/mol. The molecule has 0 radical (unpaired) electrons. The highest BCUT2D eigenvalue weighted by Crippen LogP contribution is 2.32. The molecule has 0 fully saturated rings. The van der Waals surface area contributed by atoms with Gasteiger partial charge in [-0.15, -0.1) is 0 Å². The fraction of sp³-hybridized carbons (Fsp3) is 0.167. The van der Waals surface area contributed by atoms with Crippen molar-refractivity contribution in [3.05, 3.63) is 102 Å². The van der Waals surface area contributed by atoms with Crippen LogP contribution in [0.4, 0.5) is 18.9 Å². The summed E-state index contributed by atoms with van der Waals surface area (Å²) < 4.78 is 44.3. The first-order valence-corrected chi connectivity index (χ1v) is 11.4. The van der Waals surface area contributed by atoms with Crippen molar-refractivity contribution >= 4 is 28.3 Å². The van der Waals surface area contributed by atoms with Crippen LogP contribution in [-0.2, 0) is 12.7 Å². The van der Waals surface area contributed by atoms with Crippen LogP contribution in [0.1, 0.15) is 18.2 Å². The molecule has 0 aliphatic carbocycles. The van der Waals surface area contributed by atoms with Crippen molar-refractivity contribution in [2.45, 2.75) is 26.6 Å². The van der Waals surface area contributed by atoms with E-state index in [-0.39, 0.29) is 23.5 Å². The molecule has 0 spiro atoms. The lowest BCUT2D eigenvalue weighted by atomic mass is 10.1. The standard InChI is InChI=1S/C24H17F3IN5O2/c1-4-31-22(34)20(21-19(28)13-30-33(21)17-10-8-16(29-3)9-11-17)14(2)32(23(31)35)18-7-5-6-15(12-18)24(25,26)27/h5-13H,4H2,1-2H3. The van der Waals surface area contributed by atoms with Crippen LogP contribution in [0.25, 0.3) is 27.5 Å². The summed E-state index contributed by atoms with van der Waals surface area (Å²) in [5.74, 6) is 0. The highest BCUT2D eigenvalue weighted by atomic mass is 127. The van der Waals surface area contributed by atoms with Gasteiger partial charge in [-0.05, 0) is 66.8 Å². The maximum atomic E-state index is 13.5. The van der Waals surface area contributed by atoms with Crippen molar-refractivity contribution in [3.63, 3.8) is 0 Å². The van der Waals surface area contributed by atoms with Gasteiger partial charge in [-0.1, -0.05) is 18.2 Å². The predicted molar refractivity (Wildman–Crippen MR) is 133 cm³/mol. The SMILES string of the molecule is [C-]#[N+]c1ccc(-n2ncc(I)c2-c2c(C)n(-c3cccc(C(F)(F)F)c3)c(=O)n(CC)c2=O)cc1. The molecule has 0 saturated carbocycles. The monoisotopic (exact) mass is 591 g/mol. The van der Waals surface area contributed by atoms with E-state index >= 15 is 0 Å². The van der Waals surface area contributed by atoms with Gasteiger partial charge in [0, 0.05) is 12.2 Å². The first-order chi connectivity index (χ1) is 16.6. The number of aromatic nitrogens is 4. The molecule has 0 atom stereocenters. The second-order valence-corrected chi connectivity index (χ2v) is 8.72. The van der Waals surface area contributed by atoms with Gasteiger partial charge >= 0.3 is 11.9 Å². The maximum absolute atomic E-state index is 13.5. The Morgan fingerprint density at radius 2 is 1.77 bits per heavy atom. The second-order valence-electron chi connectivity index (χ2n) is 7.56. The third-order valence-corrected chi connectivity index (χ3v) is 6.30. The second kappa shape index (κ2) is 9.18. The quantitative estimate of drug-likeness (QED) is 0.238. The molecule has 11 heteroatoms. The van der Waals surface area contributed by atoms with Crippen LogP contribution in [0.5, 0.6) is 0 Å². The molecule has 178 valence electrons. The Labute approximate surface area is 211 Å². The Morgan fingerprint density at radius 3 is 2.37 bits per heavy atom. The normalized spacial score (nSPS) is 11.5. The molecule has 2 aromatic heterocycles. The molecule has 0 N–H and O–H groups in total. The lowest BCUT2D eigenvalue weighted by Crippen LogP contribution is -2.41. The van der Waals surface area contributed by atoms with E-state index in [1.165, 1.54) is 23.7 Å². The van der Waals surface area contributed by atoms with Crippen LogP contribution < -0.4 is 11.2 Å². The molecule has 2 aromatic carbocycles. The minimum Gasteiger partial charge on any atom is -0.268 e.